The van der Waals surface area contributed by atoms with E-state index in [4.69, 9.17) is 0 Å². The fraction of sp³-hybridized carbons (Fsp3) is 0.103. The van der Waals surface area contributed by atoms with Crippen molar-refractivity contribution < 1.29 is 15.0 Å². The molecule has 1 atom stereocenters. The van der Waals surface area contributed by atoms with Crippen molar-refractivity contribution in [1.29, 1.82) is 0 Å². The van der Waals surface area contributed by atoms with Crippen molar-refractivity contribution in [1.82, 2.24) is 0 Å². The third kappa shape index (κ3) is 8.62. The van der Waals surface area contributed by atoms with E-state index >= 15 is 0 Å². The summed E-state index contributed by atoms with van der Waals surface area (Å²) in [5, 5.41) is 30.1. The van der Waals surface area contributed by atoms with E-state index in [1.165, 1.54) is 6.08 Å². The SMILES string of the molecule is C.O=[N+]([O-])/C=C/c1ccc(-c2ccccc2)cc1.O=[N+]([O-])CC(O)c1ccc(-c2ccccc2)cc1. The lowest BCUT2D eigenvalue weighted by molar-refractivity contribution is -0.491. The molecule has 0 bridgehead atoms. The normalized spacial score (nSPS) is 11.0. The molecule has 0 saturated heterocycles. The number of aliphatic hydroxyl groups is 1. The minimum atomic E-state index is -1.05. The van der Waals surface area contributed by atoms with Gasteiger partial charge in [0.25, 0.3) is 0 Å². The van der Waals surface area contributed by atoms with Gasteiger partial charge >= 0.3 is 0 Å². The Bertz CT molecular complexity index is 1260. The number of hydrogen-bond donors (Lipinski definition) is 1. The van der Waals surface area contributed by atoms with Crippen LogP contribution >= 0.6 is 0 Å². The van der Waals surface area contributed by atoms with Crippen molar-refractivity contribution in [2.75, 3.05) is 6.54 Å². The van der Waals surface area contributed by atoms with Gasteiger partial charge in [0.05, 0.1) is 4.92 Å². The highest BCUT2D eigenvalue weighted by atomic mass is 16.6. The largest absolute Gasteiger partial charge is 0.382 e. The van der Waals surface area contributed by atoms with Crippen molar-refractivity contribution >= 4 is 6.08 Å². The molecule has 0 saturated carbocycles. The smallest absolute Gasteiger partial charge is 0.235 e. The van der Waals surface area contributed by atoms with Gasteiger partial charge in [0.1, 0.15) is 6.10 Å². The standard InChI is InChI=1S/C14H13NO3.C14H11NO2.CH4/c16-14(10-15(17)18)13-8-6-12(7-9-13)11-4-2-1-3-5-11;16-15(17)11-10-12-6-8-14(9-7-12)13-4-2-1-3-5-13;/h1-9,14,16H,10H2;1-11H;1H4/b;11-10+;. The van der Waals surface area contributed by atoms with Crippen LogP contribution in [0.2, 0.25) is 0 Å². The summed E-state index contributed by atoms with van der Waals surface area (Å²) in [7, 11) is 0. The molecule has 184 valence electrons. The van der Waals surface area contributed by atoms with Crippen LogP contribution in [0, 0.1) is 20.2 Å². The van der Waals surface area contributed by atoms with Gasteiger partial charge in [-0.15, -0.1) is 0 Å². The summed E-state index contributed by atoms with van der Waals surface area (Å²) >= 11 is 0. The number of rotatable bonds is 7. The van der Waals surface area contributed by atoms with Crippen molar-refractivity contribution in [2.45, 2.75) is 13.5 Å². The van der Waals surface area contributed by atoms with Crippen LogP contribution in [0.5, 0.6) is 0 Å². The number of nitrogens with zero attached hydrogens (tertiary/aromatic N) is 2. The number of nitro groups is 2. The Morgan fingerprint density at radius 1 is 0.667 bits per heavy atom. The first-order chi connectivity index (χ1) is 16.9. The first kappa shape index (κ1) is 27.6. The zero-order valence-electron chi connectivity index (χ0n) is 18.8. The highest BCUT2D eigenvalue weighted by molar-refractivity contribution is 5.65. The number of hydrogen-bond acceptors (Lipinski definition) is 5. The number of aliphatic hydroxyl groups excluding tert-OH is 1. The first-order valence-corrected chi connectivity index (χ1v) is 10.8. The zero-order chi connectivity index (χ0) is 25.0. The van der Waals surface area contributed by atoms with E-state index in [1.807, 2.05) is 97.1 Å². The summed E-state index contributed by atoms with van der Waals surface area (Å²) in [6, 6.07) is 34.6. The average molecular weight is 485 g/mol. The fourth-order valence-electron chi connectivity index (χ4n) is 3.34. The van der Waals surface area contributed by atoms with E-state index in [0.717, 1.165) is 34.0 Å². The Labute approximate surface area is 210 Å². The Hall–Kier alpha value is -4.62. The molecule has 0 aromatic heterocycles. The summed E-state index contributed by atoms with van der Waals surface area (Å²) in [5.74, 6) is 0. The van der Waals surface area contributed by atoms with E-state index in [9.17, 15) is 25.3 Å². The summed E-state index contributed by atoms with van der Waals surface area (Å²) in [4.78, 5) is 19.5. The van der Waals surface area contributed by atoms with E-state index in [2.05, 4.69) is 0 Å². The summed E-state index contributed by atoms with van der Waals surface area (Å²) in [5.41, 5.74) is 5.72. The maximum absolute atomic E-state index is 10.3. The summed E-state index contributed by atoms with van der Waals surface area (Å²) < 4.78 is 0. The van der Waals surface area contributed by atoms with Gasteiger partial charge in [0.2, 0.25) is 12.7 Å². The molecular weight excluding hydrogens is 456 g/mol. The maximum Gasteiger partial charge on any atom is 0.235 e. The number of benzene rings is 4. The lowest BCUT2D eigenvalue weighted by Gasteiger charge is -2.07. The molecule has 1 N–H and O–H groups in total. The van der Waals surface area contributed by atoms with Crippen LogP contribution in [-0.4, -0.2) is 21.5 Å². The predicted octanol–water partition coefficient (Wildman–Crippen LogP) is 6.90. The second-order valence-corrected chi connectivity index (χ2v) is 7.61. The van der Waals surface area contributed by atoms with E-state index in [0.29, 0.717) is 5.56 Å². The molecule has 4 aromatic carbocycles. The molecule has 4 rings (SSSR count). The van der Waals surface area contributed by atoms with Crippen LogP contribution in [0.3, 0.4) is 0 Å². The molecule has 36 heavy (non-hydrogen) atoms. The lowest BCUT2D eigenvalue weighted by atomic mass is 10.0. The third-order valence-electron chi connectivity index (χ3n) is 5.13. The molecule has 7 nitrogen and oxygen atoms in total. The summed E-state index contributed by atoms with van der Waals surface area (Å²) in [6.45, 7) is -0.468. The van der Waals surface area contributed by atoms with Crippen LogP contribution in [0.4, 0.5) is 0 Å². The molecule has 4 aromatic rings. The minimum absolute atomic E-state index is 0. The second-order valence-electron chi connectivity index (χ2n) is 7.61. The molecule has 0 amide bonds. The minimum Gasteiger partial charge on any atom is -0.382 e. The van der Waals surface area contributed by atoms with Gasteiger partial charge in [0.15, 0.2) is 0 Å². The molecule has 0 aliphatic carbocycles. The lowest BCUT2D eigenvalue weighted by Crippen LogP contribution is -2.11. The molecule has 0 aliphatic rings. The Morgan fingerprint density at radius 3 is 1.50 bits per heavy atom. The van der Waals surface area contributed by atoms with Gasteiger partial charge in [-0.05, 0) is 33.4 Å². The quantitative estimate of drug-likeness (QED) is 0.227. The highest BCUT2D eigenvalue weighted by Gasteiger charge is 2.13. The van der Waals surface area contributed by atoms with Gasteiger partial charge in [0, 0.05) is 11.0 Å². The average Bonchev–Trinajstić information content (AvgIpc) is 2.89. The van der Waals surface area contributed by atoms with Gasteiger partial charge in [-0.25, -0.2) is 0 Å². The van der Waals surface area contributed by atoms with Crippen LogP contribution in [0.25, 0.3) is 28.3 Å². The van der Waals surface area contributed by atoms with E-state index in [-0.39, 0.29) is 7.43 Å². The zero-order valence-corrected chi connectivity index (χ0v) is 18.8. The van der Waals surface area contributed by atoms with Crippen molar-refractivity contribution in [3.63, 3.8) is 0 Å². The maximum atomic E-state index is 10.3. The molecular formula is C29H28N2O5. The van der Waals surface area contributed by atoms with Gasteiger partial charge in [-0.2, -0.15) is 0 Å². The van der Waals surface area contributed by atoms with Crippen molar-refractivity contribution in [2.24, 2.45) is 0 Å². The van der Waals surface area contributed by atoms with Crippen molar-refractivity contribution in [3.05, 3.63) is 147 Å². The molecule has 0 spiro atoms. The predicted molar refractivity (Wildman–Crippen MR) is 143 cm³/mol. The van der Waals surface area contributed by atoms with Crippen LogP contribution in [-0.2, 0) is 0 Å². The topological polar surface area (TPSA) is 107 Å². The molecule has 0 radical (unpaired) electrons. The third-order valence-corrected chi connectivity index (χ3v) is 5.13. The van der Waals surface area contributed by atoms with Crippen LogP contribution in [0.15, 0.2) is 115 Å². The second kappa shape index (κ2) is 13.9. The monoisotopic (exact) mass is 484 g/mol. The van der Waals surface area contributed by atoms with E-state index in [1.54, 1.807) is 12.1 Å². The van der Waals surface area contributed by atoms with Crippen molar-refractivity contribution in [3.8, 4) is 22.3 Å². The van der Waals surface area contributed by atoms with Gasteiger partial charge < -0.3 is 5.11 Å². The Kier molecular flexibility index (Phi) is 10.7. The van der Waals surface area contributed by atoms with Crippen LogP contribution < -0.4 is 0 Å². The van der Waals surface area contributed by atoms with Gasteiger partial charge in [-0.3, -0.25) is 20.2 Å². The molecule has 0 aliphatic heterocycles. The molecule has 0 fully saturated rings. The van der Waals surface area contributed by atoms with Gasteiger partial charge in [-0.1, -0.05) is 117 Å². The summed E-state index contributed by atoms with van der Waals surface area (Å²) in [6.07, 6.45) is 1.37. The Morgan fingerprint density at radius 2 is 1.08 bits per heavy atom. The van der Waals surface area contributed by atoms with Crippen LogP contribution in [0.1, 0.15) is 24.7 Å². The molecule has 7 heteroatoms. The fourth-order valence-corrected chi connectivity index (χ4v) is 3.34. The van der Waals surface area contributed by atoms with E-state index < -0.39 is 22.5 Å². The Balaban J connectivity index is 0.000000247. The first-order valence-electron chi connectivity index (χ1n) is 10.8. The highest BCUT2D eigenvalue weighted by Crippen LogP contribution is 2.22. The molecule has 0 heterocycles. The molecule has 1 unspecified atom stereocenters.